The van der Waals surface area contributed by atoms with Crippen molar-refractivity contribution in [2.24, 2.45) is 0 Å². The van der Waals surface area contributed by atoms with Crippen LogP contribution in [0.3, 0.4) is 0 Å². The molecule has 0 N–H and O–H groups in total. The molecule has 0 aliphatic carbocycles. The summed E-state index contributed by atoms with van der Waals surface area (Å²) in [6.07, 6.45) is 3.36. The van der Waals surface area contributed by atoms with Gasteiger partial charge in [-0.25, -0.2) is 4.98 Å². The number of aromatic nitrogens is 2. The molecule has 0 unspecified atom stereocenters. The third-order valence-corrected chi connectivity index (χ3v) is 7.77. The minimum atomic E-state index is -0.214. The van der Waals surface area contributed by atoms with E-state index >= 15 is 0 Å². The van der Waals surface area contributed by atoms with Gasteiger partial charge in [-0.1, -0.05) is 59.9 Å². The number of hydrogen-bond acceptors (Lipinski definition) is 7. The molecule has 5 rings (SSSR count). The summed E-state index contributed by atoms with van der Waals surface area (Å²) in [5.41, 5.74) is 3.83. The van der Waals surface area contributed by atoms with Gasteiger partial charge in [0.25, 0.3) is 11.5 Å². The van der Waals surface area contributed by atoms with Crippen LogP contribution in [-0.4, -0.2) is 49.8 Å². The van der Waals surface area contributed by atoms with E-state index in [1.807, 2.05) is 64.1 Å². The Morgan fingerprint density at radius 3 is 2.50 bits per heavy atom. The summed E-state index contributed by atoms with van der Waals surface area (Å²) in [5, 5.41) is 0. The molecule has 2 aliphatic rings. The Balaban J connectivity index is 1.58. The van der Waals surface area contributed by atoms with Crippen LogP contribution in [0.15, 0.2) is 52.3 Å². The van der Waals surface area contributed by atoms with Gasteiger partial charge in [0, 0.05) is 19.3 Å². The van der Waals surface area contributed by atoms with Gasteiger partial charge in [0.2, 0.25) is 0 Å². The molecule has 2 atom stereocenters. The number of benzene rings is 1. The number of thiocarbonyl (C=S) groups is 1. The Kier molecular flexibility index (Phi) is 6.72. The van der Waals surface area contributed by atoms with Crippen molar-refractivity contribution in [2.45, 2.75) is 46.4 Å². The lowest BCUT2D eigenvalue weighted by Gasteiger charge is -2.36. The van der Waals surface area contributed by atoms with Crippen LogP contribution in [0.2, 0.25) is 0 Å². The quantitative estimate of drug-likeness (QED) is 0.375. The van der Waals surface area contributed by atoms with Crippen LogP contribution in [0.25, 0.3) is 11.7 Å². The standard InChI is InChI=1S/C27H28N4O3S2/c1-16-7-9-20(10-8-16)15-31-26(33)22(36-27(31)35)12-21-24(29-13-18(3)34-19(4)14-29)28-23-17(2)6-5-11-30(23)25(21)32/h5-12,18-19H,13-15H2,1-4H3/b22-12+/t18-,19-/m0/s1. The number of carbonyl (C=O) groups is 1. The zero-order valence-electron chi connectivity index (χ0n) is 20.7. The van der Waals surface area contributed by atoms with Crippen LogP contribution in [-0.2, 0) is 16.1 Å². The normalized spacial score (nSPS) is 21.7. The van der Waals surface area contributed by atoms with Crippen LogP contribution >= 0.6 is 24.0 Å². The fourth-order valence-electron chi connectivity index (χ4n) is 4.66. The summed E-state index contributed by atoms with van der Waals surface area (Å²) in [6, 6.07) is 11.8. The monoisotopic (exact) mass is 520 g/mol. The largest absolute Gasteiger partial charge is 0.372 e. The Bertz CT molecular complexity index is 1440. The second kappa shape index (κ2) is 9.80. The molecular formula is C27H28N4O3S2. The SMILES string of the molecule is Cc1ccc(CN2C(=O)/C(=C\c3c(N4C[C@H](C)O[C@@H](C)C4)nc4c(C)cccn4c3=O)SC2=S)cc1. The first-order valence-electron chi connectivity index (χ1n) is 11.9. The zero-order valence-corrected chi connectivity index (χ0v) is 22.4. The van der Waals surface area contributed by atoms with Crippen molar-refractivity contribution in [3.63, 3.8) is 0 Å². The third kappa shape index (κ3) is 4.70. The molecule has 3 aromatic rings. The van der Waals surface area contributed by atoms with Gasteiger partial charge >= 0.3 is 0 Å². The molecule has 2 saturated heterocycles. The summed E-state index contributed by atoms with van der Waals surface area (Å²) in [5.74, 6) is 0.370. The number of fused-ring (bicyclic) bond motifs is 1. The highest BCUT2D eigenvalue weighted by molar-refractivity contribution is 8.26. The van der Waals surface area contributed by atoms with Crippen LogP contribution in [0.1, 0.15) is 36.1 Å². The Hall–Kier alpha value is -3.01. The van der Waals surface area contributed by atoms with E-state index in [-0.39, 0.29) is 23.7 Å². The molecule has 0 spiro atoms. The van der Waals surface area contributed by atoms with Gasteiger partial charge in [-0.15, -0.1) is 0 Å². The number of hydrogen-bond donors (Lipinski definition) is 0. The molecule has 1 amide bonds. The van der Waals surface area contributed by atoms with Crippen molar-refractivity contribution < 1.29 is 9.53 Å². The van der Waals surface area contributed by atoms with E-state index in [2.05, 4.69) is 4.90 Å². The minimum Gasteiger partial charge on any atom is -0.372 e. The number of rotatable bonds is 4. The van der Waals surface area contributed by atoms with Crippen LogP contribution < -0.4 is 10.5 Å². The van der Waals surface area contributed by atoms with Crippen LogP contribution in [0, 0.1) is 13.8 Å². The fraction of sp³-hybridized carbons (Fsp3) is 0.333. The number of amides is 1. The first-order chi connectivity index (χ1) is 17.2. The second-order valence-corrected chi connectivity index (χ2v) is 11.1. The van der Waals surface area contributed by atoms with Gasteiger partial charge < -0.3 is 9.64 Å². The highest BCUT2D eigenvalue weighted by atomic mass is 32.2. The number of ether oxygens (including phenoxy) is 1. The summed E-state index contributed by atoms with van der Waals surface area (Å²) in [6.45, 7) is 9.59. The second-order valence-electron chi connectivity index (χ2n) is 9.45. The molecule has 186 valence electrons. The molecule has 0 radical (unpaired) electrons. The Morgan fingerprint density at radius 1 is 1.11 bits per heavy atom. The van der Waals surface area contributed by atoms with Gasteiger partial charge in [-0.2, -0.15) is 0 Å². The molecule has 9 heteroatoms. The lowest BCUT2D eigenvalue weighted by molar-refractivity contribution is -0.122. The molecule has 7 nitrogen and oxygen atoms in total. The fourth-order valence-corrected chi connectivity index (χ4v) is 5.90. The first kappa shape index (κ1) is 24.7. The van der Waals surface area contributed by atoms with Crippen molar-refractivity contribution in [1.29, 1.82) is 0 Å². The lowest BCUT2D eigenvalue weighted by atomic mass is 10.1. The third-order valence-electron chi connectivity index (χ3n) is 6.39. The van der Waals surface area contributed by atoms with Gasteiger partial charge in [0.1, 0.15) is 15.8 Å². The average molecular weight is 521 g/mol. The molecule has 2 aromatic heterocycles. The van der Waals surface area contributed by atoms with E-state index in [0.29, 0.717) is 45.9 Å². The predicted molar refractivity (Wildman–Crippen MR) is 148 cm³/mol. The predicted octanol–water partition coefficient (Wildman–Crippen LogP) is 4.33. The van der Waals surface area contributed by atoms with Gasteiger partial charge in [0.15, 0.2) is 0 Å². The van der Waals surface area contributed by atoms with E-state index in [4.69, 9.17) is 21.9 Å². The van der Waals surface area contributed by atoms with Crippen molar-refractivity contribution in [3.05, 3.63) is 80.1 Å². The molecule has 1 aromatic carbocycles. The summed E-state index contributed by atoms with van der Waals surface area (Å²) < 4.78 is 7.94. The topological polar surface area (TPSA) is 67.2 Å². The number of pyridine rings is 1. The maximum Gasteiger partial charge on any atom is 0.267 e. The number of thioether (sulfide) groups is 1. The highest BCUT2D eigenvalue weighted by Gasteiger charge is 2.33. The molecular weight excluding hydrogens is 492 g/mol. The summed E-state index contributed by atoms with van der Waals surface area (Å²) in [7, 11) is 0. The summed E-state index contributed by atoms with van der Waals surface area (Å²) in [4.78, 5) is 36.2. The van der Waals surface area contributed by atoms with E-state index in [9.17, 15) is 9.59 Å². The van der Waals surface area contributed by atoms with Crippen molar-refractivity contribution in [2.75, 3.05) is 18.0 Å². The van der Waals surface area contributed by atoms with Crippen LogP contribution in [0.5, 0.6) is 0 Å². The molecule has 4 heterocycles. The minimum absolute atomic E-state index is 0.00792. The van der Waals surface area contributed by atoms with Gasteiger partial charge in [-0.3, -0.25) is 18.9 Å². The van der Waals surface area contributed by atoms with E-state index in [1.165, 1.54) is 11.8 Å². The summed E-state index contributed by atoms with van der Waals surface area (Å²) >= 11 is 6.78. The number of aryl methyl sites for hydroxylation is 2. The Labute approximate surface area is 219 Å². The lowest BCUT2D eigenvalue weighted by Crippen LogP contribution is -2.46. The van der Waals surface area contributed by atoms with Crippen molar-refractivity contribution in [3.8, 4) is 0 Å². The van der Waals surface area contributed by atoms with Crippen molar-refractivity contribution >= 4 is 51.7 Å². The molecule has 0 bridgehead atoms. The first-order valence-corrected chi connectivity index (χ1v) is 13.2. The number of nitrogens with zero attached hydrogens (tertiary/aromatic N) is 4. The molecule has 36 heavy (non-hydrogen) atoms. The Morgan fingerprint density at radius 2 is 1.81 bits per heavy atom. The molecule has 2 fully saturated rings. The average Bonchev–Trinajstić information content (AvgIpc) is 3.09. The smallest absolute Gasteiger partial charge is 0.267 e. The molecule has 2 aliphatic heterocycles. The zero-order chi connectivity index (χ0) is 25.6. The molecule has 0 saturated carbocycles. The highest BCUT2D eigenvalue weighted by Crippen LogP contribution is 2.35. The van der Waals surface area contributed by atoms with E-state index in [0.717, 1.165) is 16.7 Å². The van der Waals surface area contributed by atoms with Gasteiger partial charge in [0.05, 0.1) is 29.2 Å². The number of anilines is 1. The maximum atomic E-state index is 13.7. The van der Waals surface area contributed by atoms with Crippen molar-refractivity contribution in [1.82, 2.24) is 14.3 Å². The van der Waals surface area contributed by atoms with Gasteiger partial charge in [-0.05, 0) is 51.0 Å². The number of carbonyl (C=O) groups excluding carboxylic acids is 1. The van der Waals surface area contributed by atoms with E-state index in [1.54, 1.807) is 21.6 Å². The maximum absolute atomic E-state index is 13.7. The van der Waals surface area contributed by atoms with Crippen LogP contribution in [0.4, 0.5) is 5.82 Å². The van der Waals surface area contributed by atoms with E-state index < -0.39 is 0 Å². The number of morpholine rings is 1.